The van der Waals surface area contributed by atoms with Crippen LogP contribution in [0.3, 0.4) is 0 Å². The molecule has 0 saturated carbocycles. The van der Waals surface area contributed by atoms with Crippen molar-refractivity contribution in [3.63, 3.8) is 0 Å². The predicted octanol–water partition coefficient (Wildman–Crippen LogP) is 5.89. The van der Waals surface area contributed by atoms with Crippen LogP contribution < -0.4 is 10.7 Å². The van der Waals surface area contributed by atoms with Gasteiger partial charge in [-0.15, -0.1) is 0 Å². The Morgan fingerprint density at radius 1 is 1.09 bits per heavy atom. The SMILES string of the molecule is Cc1noc(C)c1-c1ccc2c(=O)ccn(-c3cc(NC(=O)OC(C)(C)C)c(F)cc3F)c2c1. The van der Waals surface area contributed by atoms with E-state index in [1.807, 2.05) is 0 Å². The topological polar surface area (TPSA) is 86.4 Å². The number of fused-ring (bicyclic) bond motifs is 1. The minimum atomic E-state index is -0.964. The lowest BCUT2D eigenvalue weighted by atomic mass is 10.0. The molecule has 0 bridgehead atoms. The van der Waals surface area contributed by atoms with Gasteiger partial charge in [-0.05, 0) is 58.4 Å². The first kappa shape index (κ1) is 23.2. The molecule has 0 unspecified atom stereocenters. The van der Waals surface area contributed by atoms with Gasteiger partial charge >= 0.3 is 6.09 Å². The van der Waals surface area contributed by atoms with Gasteiger partial charge in [0.2, 0.25) is 0 Å². The smallest absolute Gasteiger partial charge is 0.412 e. The fraction of sp³-hybridized carbons (Fsp3) is 0.240. The monoisotopic (exact) mass is 467 g/mol. The van der Waals surface area contributed by atoms with E-state index in [9.17, 15) is 18.4 Å². The average molecular weight is 467 g/mol. The lowest BCUT2D eigenvalue weighted by molar-refractivity contribution is 0.0635. The molecule has 0 radical (unpaired) electrons. The molecule has 176 valence electrons. The van der Waals surface area contributed by atoms with E-state index in [1.165, 1.54) is 16.8 Å². The Morgan fingerprint density at radius 3 is 2.47 bits per heavy atom. The van der Waals surface area contributed by atoms with Gasteiger partial charge in [-0.3, -0.25) is 10.1 Å². The molecule has 0 fully saturated rings. The van der Waals surface area contributed by atoms with E-state index >= 15 is 0 Å². The molecule has 0 atom stereocenters. The molecule has 0 aliphatic carbocycles. The maximum Gasteiger partial charge on any atom is 0.412 e. The highest BCUT2D eigenvalue weighted by molar-refractivity contribution is 5.88. The van der Waals surface area contributed by atoms with Crippen LogP contribution in [0.1, 0.15) is 32.2 Å². The fourth-order valence-corrected chi connectivity index (χ4v) is 3.74. The van der Waals surface area contributed by atoms with Crippen molar-refractivity contribution in [3.05, 3.63) is 75.9 Å². The van der Waals surface area contributed by atoms with E-state index < -0.39 is 23.3 Å². The second-order valence-electron chi connectivity index (χ2n) is 8.89. The van der Waals surface area contributed by atoms with E-state index in [-0.39, 0.29) is 16.8 Å². The third-order valence-corrected chi connectivity index (χ3v) is 5.15. The van der Waals surface area contributed by atoms with Gasteiger partial charge in [0.1, 0.15) is 23.0 Å². The number of nitrogens with one attached hydrogen (secondary N) is 1. The molecular weight excluding hydrogens is 444 g/mol. The Kier molecular flexibility index (Phi) is 5.72. The molecule has 9 heteroatoms. The van der Waals surface area contributed by atoms with Crippen LogP contribution in [0.2, 0.25) is 0 Å². The van der Waals surface area contributed by atoms with Crippen LogP contribution in [0.25, 0.3) is 27.7 Å². The van der Waals surface area contributed by atoms with Gasteiger partial charge in [-0.1, -0.05) is 11.2 Å². The molecule has 2 heterocycles. The largest absolute Gasteiger partial charge is 0.444 e. The summed E-state index contributed by atoms with van der Waals surface area (Å²) >= 11 is 0. The van der Waals surface area contributed by atoms with Crippen molar-refractivity contribution in [1.82, 2.24) is 9.72 Å². The third-order valence-electron chi connectivity index (χ3n) is 5.15. The lowest BCUT2D eigenvalue weighted by Gasteiger charge is -2.20. The summed E-state index contributed by atoms with van der Waals surface area (Å²) in [5.74, 6) is -1.24. The van der Waals surface area contributed by atoms with E-state index in [2.05, 4.69) is 10.5 Å². The number of ether oxygens (including phenoxy) is 1. The number of rotatable bonds is 3. The minimum absolute atomic E-state index is 0.0617. The van der Waals surface area contributed by atoms with Crippen molar-refractivity contribution in [2.75, 3.05) is 5.32 Å². The Morgan fingerprint density at radius 2 is 1.82 bits per heavy atom. The minimum Gasteiger partial charge on any atom is -0.444 e. The Hall–Kier alpha value is -4.01. The molecule has 7 nitrogen and oxygen atoms in total. The van der Waals surface area contributed by atoms with Crippen LogP contribution in [0.4, 0.5) is 19.3 Å². The average Bonchev–Trinajstić information content (AvgIpc) is 3.07. The molecule has 0 saturated heterocycles. The van der Waals surface area contributed by atoms with Gasteiger partial charge in [0.05, 0.1) is 22.6 Å². The van der Waals surface area contributed by atoms with Crippen LogP contribution in [0.15, 0.2) is 51.9 Å². The zero-order valence-electron chi connectivity index (χ0n) is 19.3. The summed E-state index contributed by atoms with van der Waals surface area (Å²) in [5, 5.41) is 6.61. The van der Waals surface area contributed by atoms with Crippen molar-refractivity contribution in [1.29, 1.82) is 0 Å². The van der Waals surface area contributed by atoms with Gasteiger partial charge in [-0.25, -0.2) is 13.6 Å². The molecule has 1 N–H and O–H groups in total. The molecular formula is C25H23F2N3O4. The van der Waals surface area contributed by atoms with Crippen molar-refractivity contribution in [2.45, 2.75) is 40.2 Å². The summed E-state index contributed by atoms with van der Waals surface area (Å²) in [6.07, 6.45) is 0.518. The number of hydrogen-bond donors (Lipinski definition) is 1. The number of carbonyl (C=O) groups is 1. The second kappa shape index (κ2) is 8.40. The summed E-state index contributed by atoms with van der Waals surface area (Å²) in [6, 6.07) is 8.23. The number of nitrogens with zero attached hydrogens (tertiary/aromatic N) is 2. The van der Waals surface area contributed by atoms with Crippen molar-refractivity contribution in [2.24, 2.45) is 0 Å². The first-order valence-corrected chi connectivity index (χ1v) is 10.5. The van der Waals surface area contributed by atoms with Crippen LogP contribution in [-0.2, 0) is 4.74 Å². The molecule has 34 heavy (non-hydrogen) atoms. The molecule has 1 amide bonds. The number of carbonyl (C=O) groups excluding carboxylic acids is 1. The quantitative estimate of drug-likeness (QED) is 0.406. The van der Waals surface area contributed by atoms with Gasteiger partial charge in [0, 0.05) is 29.3 Å². The number of benzene rings is 2. The summed E-state index contributed by atoms with van der Waals surface area (Å²) < 4.78 is 41.3. The highest BCUT2D eigenvalue weighted by Gasteiger charge is 2.20. The van der Waals surface area contributed by atoms with Crippen LogP contribution >= 0.6 is 0 Å². The van der Waals surface area contributed by atoms with E-state index in [0.29, 0.717) is 28.4 Å². The first-order chi connectivity index (χ1) is 15.9. The molecule has 4 rings (SSSR count). The lowest BCUT2D eigenvalue weighted by Crippen LogP contribution is -2.27. The molecule has 2 aromatic carbocycles. The Balaban J connectivity index is 1.88. The Bertz CT molecular complexity index is 1460. The zero-order valence-corrected chi connectivity index (χ0v) is 19.3. The van der Waals surface area contributed by atoms with Crippen molar-refractivity contribution >= 4 is 22.7 Å². The maximum atomic E-state index is 14.9. The maximum absolute atomic E-state index is 14.9. The van der Waals surface area contributed by atoms with Crippen LogP contribution in [0, 0.1) is 25.5 Å². The molecule has 0 aliphatic rings. The molecule has 2 aromatic heterocycles. The third kappa shape index (κ3) is 4.41. The van der Waals surface area contributed by atoms with Crippen LogP contribution in [0.5, 0.6) is 0 Å². The molecule has 0 aliphatic heterocycles. The summed E-state index contributed by atoms with van der Waals surface area (Å²) in [5.41, 5.74) is 1.15. The van der Waals surface area contributed by atoms with Gasteiger partial charge in [-0.2, -0.15) is 0 Å². The highest BCUT2D eigenvalue weighted by atomic mass is 19.1. The number of aromatic nitrogens is 2. The summed E-state index contributed by atoms with van der Waals surface area (Å²) in [6.45, 7) is 8.57. The number of aryl methyl sites for hydroxylation is 2. The van der Waals surface area contributed by atoms with Gasteiger partial charge in [0.15, 0.2) is 5.43 Å². The number of amides is 1. The molecule has 0 spiro atoms. The number of hydrogen-bond acceptors (Lipinski definition) is 5. The van der Waals surface area contributed by atoms with E-state index in [1.54, 1.807) is 52.8 Å². The van der Waals surface area contributed by atoms with Crippen LogP contribution in [-0.4, -0.2) is 21.4 Å². The zero-order chi connectivity index (χ0) is 24.8. The number of pyridine rings is 1. The van der Waals surface area contributed by atoms with E-state index in [0.717, 1.165) is 17.2 Å². The second-order valence-corrected chi connectivity index (χ2v) is 8.89. The standard InChI is InChI=1S/C25H23F2N3O4/c1-13-23(14(2)34-29-13)15-6-7-16-20(10-15)30(9-8-22(16)31)21-12-19(17(26)11-18(21)27)28-24(32)33-25(3,4)5/h6-12H,1-5H3,(H,28,32). The van der Waals surface area contributed by atoms with Gasteiger partial charge in [0.25, 0.3) is 0 Å². The summed E-state index contributed by atoms with van der Waals surface area (Å²) in [4.78, 5) is 24.7. The first-order valence-electron chi connectivity index (χ1n) is 10.5. The summed E-state index contributed by atoms with van der Waals surface area (Å²) in [7, 11) is 0. The predicted molar refractivity (Wildman–Crippen MR) is 124 cm³/mol. The fourth-order valence-electron chi connectivity index (χ4n) is 3.74. The normalized spacial score (nSPS) is 11.6. The molecule has 4 aromatic rings. The van der Waals surface area contributed by atoms with Gasteiger partial charge < -0.3 is 13.8 Å². The number of anilines is 1. The van der Waals surface area contributed by atoms with Crippen molar-refractivity contribution in [3.8, 4) is 16.8 Å². The van der Waals surface area contributed by atoms with Crippen molar-refractivity contribution < 1.29 is 22.8 Å². The Labute approximate surface area is 193 Å². The highest BCUT2D eigenvalue weighted by Crippen LogP contribution is 2.31. The number of halogens is 2. The van der Waals surface area contributed by atoms with E-state index in [4.69, 9.17) is 9.26 Å².